The van der Waals surface area contributed by atoms with Crippen molar-refractivity contribution in [3.8, 4) is 0 Å². The SMILES string of the molecule is Cc1nc(CCNCC(C)(C)C(=O)O)cs1. The van der Waals surface area contributed by atoms with Gasteiger partial charge in [0.25, 0.3) is 0 Å². The zero-order valence-electron chi connectivity index (χ0n) is 9.91. The fourth-order valence-corrected chi connectivity index (χ4v) is 1.86. The Balaban J connectivity index is 2.24. The Morgan fingerprint density at radius 1 is 1.62 bits per heavy atom. The van der Waals surface area contributed by atoms with Gasteiger partial charge in [-0.2, -0.15) is 0 Å². The lowest BCUT2D eigenvalue weighted by Gasteiger charge is -2.19. The smallest absolute Gasteiger partial charge is 0.310 e. The molecule has 0 aliphatic rings. The maximum Gasteiger partial charge on any atom is 0.310 e. The molecule has 0 saturated heterocycles. The Hall–Kier alpha value is -0.940. The van der Waals surface area contributed by atoms with Crippen LogP contribution >= 0.6 is 11.3 Å². The molecule has 1 aromatic rings. The number of nitrogens with zero attached hydrogens (tertiary/aromatic N) is 1. The number of rotatable bonds is 6. The van der Waals surface area contributed by atoms with Crippen LogP contribution in [0.5, 0.6) is 0 Å². The lowest BCUT2D eigenvalue weighted by molar-refractivity contribution is -0.146. The van der Waals surface area contributed by atoms with Gasteiger partial charge in [0.15, 0.2) is 0 Å². The average Bonchev–Trinajstić information content (AvgIpc) is 2.59. The largest absolute Gasteiger partial charge is 0.481 e. The highest BCUT2D eigenvalue weighted by Crippen LogP contribution is 2.13. The predicted molar refractivity (Wildman–Crippen MR) is 64.8 cm³/mol. The van der Waals surface area contributed by atoms with Gasteiger partial charge in [0.1, 0.15) is 0 Å². The van der Waals surface area contributed by atoms with Crippen LogP contribution in [0.2, 0.25) is 0 Å². The Kier molecular flexibility index (Phi) is 4.44. The van der Waals surface area contributed by atoms with Crippen LogP contribution in [0.1, 0.15) is 24.5 Å². The number of carboxylic acids is 1. The molecule has 0 bridgehead atoms. The van der Waals surface area contributed by atoms with Gasteiger partial charge in [0.2, 0.25) is 0 Å². The molecule has 0 amide bonds. The molecule has 1 aromatic heterocycles. The minimum atomic E-state index is -0.774. The standard InChI is InChI=1S/C11H18N2O2S/c1-8-13-9(6-16-8)4-5-12-7-11(2,3)10(14)15/h6,12H,4-5,7H2,1-3H3,(H,14,15). The first-order valence-electron chi connectivity index (χ1n) is 5.27. The van der Waals surface area contributed by atoms with Crippen LogP contribution in [0.25, 0.3) is 0 Å². The van der Waals surface area contributed by atoms with Crippen LogP contribution in [0.3, 0.4) is 0 Å². The van der Waals surface area contributed by atoms with Crippen LogP contribution < -0.4 is 5.32 Å². The van der Waals surface area contributed by atoms with E-state index in [1.165, 1.54) is 0 Å². The molecule has 0 saturated carbocycles. The van der Waals surface area contributed by atoms with Crippen LogP contribution in [0.15, 0.2) is 5.38 Å². The van der Waals surface area contributed by atoms with Crippen molar-refractivity contribution < 1.29 is 9.90 Å². The summed E-state index contributed by atoms with van der Waals surface area (Å²) in [5, 5.41) is 15.2. The van der Waals surface area contributed by atoms with Crippen LogP contribution in [-0.2, 0) is 11.2 Å². The second kappa shape index (κ2) is 5.41. The van der Waals surface area contributed by atoms with E-state index in [2.05, 4.69) is 10.3 Å². The maximum atomic E-state index is 10.8. The van der Waals surface area contributed by atoms with Gasteiger partial charge >= 0.3 is 5.97 Å². The minimum absolute atomic E-state index is 0.478. The maximum absolute atomic E-state index is 10.8. The molecule has 16 heavy (non-hydrogen) atoms. The molecule has 0 fully saturated rings. The van der Waals surface area contributed by atoms with E-state index in [4.69, 9.17) is 5.11 Å². The summed E-state index contributed by atoms with van der Waals surface area (Å²) in [5.74, 6) is -0.774. The lowest BCUT2D eigenvalue weighted by Crippen LogP contribution is -2.36. The van der Waals surface area contributed by atoms with Crippen molar-refractivity contribution in [2.24, 2.45) is 5.41 Å². The molecule has 0 aromatic carbocycles. The first-order chi connectivity index (χ1) is 7.42. The summed E-state index contributed by atoms with van der Waals surface area (Å²) in [6, 6.07) is 0. The number of nitrogens with one attached hydrogen (secondary N) is 1. The van der Waals surface area contributed by atoms with Gasteiger partial charge in [-0.05, 0) is 20.8 Å². The highest BCUT2D eigenvalue weighted by molar-refractivity contribution is 7.09. The fourth-order valence-electron chi connectivity index (χ4n) is 1.22. The third-order valence-corrected chi connectivity index (χ3v) is 3.19. The molecule has 90 valence electrons. The third-order valence-electron chi connectivity index (χ3n) is 2.37. The van der Waals surface area contributed by atoms with E-state index in [9.17, 15) is 4.79 Å². The van der Waals surface area contributed by atoms with Crippen molar-refractivity contribution in [3.05, 3.63) is 16.1 Å². The molecule has 4 nitrogen and oxygen atoms in total. The van der Waals surface area contributed by atoms with Crippen molar-refractivity contribution in [3.63, 3.8) is 0 Å². The average molecular weight is 242 g/mol. The number of aromatic nitrogens is 1. The number of carboxylic acid groups (broad SMARTS) is 1. The molecule has 0 radical (unpaired) electrons. The zero-order chi connectivity index (χ0) is 12.2. The summed E-state index contributed by atoms with van der Waals surface area (Å²) < 4.78 is 0. The van der Waals surface area contributed by atoms with E-state index in [1.54, 1.807) is 25.2 Å². The lowest BCUT2D eigenvalue weighted by atomic mass is 9.94. The molecule has 2 N–H and O–H groups in total. The number of hydrogen-bond acceptors (Lipinski definition) is 4. The van der Waals surface area contributed by atoms with Crippen molar-refractivity contribution in [1.29, 1.82) is 0 Å². The number of aliphatic carboxylic acids is 1. The van der Waals surface area contributed by atoms with Crippen LogP contribution in [0, 0.1) is 12.3 Å². The first-order valence-corrected chi connectivity index (χ1v) is 6.15. The highest BCUT2D eigenvalue weighted by Gasteiger charge is 2.26. The van der Waals surface area contributed by atoms with E-state index < -0.39 is 11.4 Å². The highest BCUT2D eigenvalue weighted by atomic mass is 32.1. The summed E-state index contributed by atoms with van der Waals surface area (Å²) in [5.41, 5.74) is 0.362. The summed E-state index contributed by atoms with van der Waals surface area (Å²) in [4.78, 5) is 15.2. The van der Waals surface area contributed by atoms with Crippen molar-refractivity contribution in [2.75, 3.05) is 13.1 Å². The zero-order valence-corrected chi connectivity index (χ0v) is 10.7. The second-order valence-electron chi connectivity index (χ2n) is 4.47. The molecule has 1 heterocycles. The third kappa shape index (κ3) is 3.90. The molecule has 0 aliphatic heterocycles. The summed E-state index contributed by atoms with van der Waals surface area (Å²) in [6.45, 7) is 6.66. The van der Waals surface area contributed by atoms with Gasteiger partial charge in [-0.25, -0.2) is 4.98 Å². The Morgan fingerprint density at radius 2 is 2.31 bits per heavy atom. The normalized spacial score (nSPS) is 11.7. The number of carbonyl (C=O) groups is 1. The number of hydrogen-bond donors (Lipinski definition) is 2. The molecular weight excluding hydrogens is 224 g/mol. The summed E-state index contributed by atoms with van der Waals surface area (Å²) >= 11 is 1.64. The predicted octanol–water partition coefficient (Wildman–Crippen LogP) is 1.69. The van der Waals surface area contributed by atoms with E-state index in [1.807, 2.05) is 12.3 Å². The molecule has 0 unspecified atom stereocenters. The minimum Gasteiger partial charge on any atom is -0.481 e. The number of thiazole rings is 1. The molecule has 5 heteroatoms. The first kappa shape index (κ1) is 13.1. The topological polar surface area (TPSA) is 62.2 Å². The van der Waals surface area contributed by atoms with Gasteiger partial charge in [-0.1, -0.05) is 0 Å². The fraction of sp³-hybridized carbons (Fsp3) is 0.636. The summed E-state index contributed by atoms with van der Waals surface area (Å²) in [7, 11) is 0. The van der Waals surface area contributed by atoms with Gasteiger partial charge in [0, 0.05) is 24.9 Å². The van der Waals surface area contributed by atoms with E-state index in [0.717, 1.165) is 23.7 Å². The van der Waals surface area contributed by atoms with E-state index >= 15 is 0 Å². The number of aryl methyl sites for hydroxylation is 1. The monoisotopic (exact) mass is 242 g/mol. The molecule has 0 atom stereocenters. The van der Waals surface area contributed by atoms with Crippen LogP contribution in [-0.4, -0.2) is 29.1 Å². The molecular formula is C11H18N2O2S. The Labute approximate surface area is 99.7 Å². The quantitative estimate of drug-likeness (QED) is 0.745. The van der Waals surface area contributed by atoms with Gasteiger partial charge < -0.3 is 10.4 Å². The van der Waals surface area contributed by atoms with Crippen molar-refractivity contribution in [2.45, 2.75) is 27.2 Å². The van der Waals surface area contributed by atoms with Gasteiger partial charge in [-0.15, -0.1) is 11.3 Å². The molecule has 1 rings (SSSR count). The Morgan fingerprint density at radius 3 is 2.81 bits per heavy atom. The van der Waals surface area contributed by atoms with E-state index in [-0.39, 0.29) is 0 Å². The molecule has 0 aliphatic carbocycles. The van der Waals surface area contributed by atoms with Crippen molar-refractivity contribution in [1.82, 2.24) is 10.3 Å². The van der Waals surface area contributed by atoms with Crippen molar-refractivity contribution >= 4 is 17.3 Å². The van der Waals surface area contributed by atoms with Gasteiger partial charge in [-0.3, -0.25) is 4.79 Å². The second-order valence-corrected chi connectivity index (χ2v) is 5.54. The van der Waals surface area contributed by atoms with Crippen LogP contribution in [0.4, 0.5) is 0 Å². The summed E-state index contributed by atoms with van der Waals surface area (Å²) in [6.07, 6.45) is 0.847. The Bertz CT molecular complexity index is 361. The van der Waals surface area contributed by atoms with Gasteiger partial charge in [0.05, 0.1) is 16.1 Å². The van der Waals surface area contributed by atoms with E-state index in [0.29, 0.717) is 6.54 Å². The molecule has 0 spiro atoms.